The minimum Gasteiger partial charge on any atom is -0.348 e. The molecule has 0 saturated heterocycles. The maximum Gasteiger partial charge on any atom is 0.251 e. The number of rotatable bonds is 12. The Labute approximate surface area is 217 Å². The number of nitrogens with zero attached hydrogens (tertiary/aromatic N) is 1. The number of thiazole rings is 1. The summed E-state index contributed by atoms with van der Waals surface area (Å²) in [5.74, 6) is -0.0585. The van der Waals surface area contributed by atoms with E-state index in [2.05, 4.69) is 41.8 Å². The van der Waals surface area contributed by atoms with E-state index in [1.54, 1.807) is 23.5 Å². The van der Waals surface area contributed by atoms with E-state index in [9.17, 15) is 9.90 Å². The minimum atomic E-state index is -0.0809. The fraction of sp³-hybridized carbons (Fsp3) is 0.267. The van der Waals surface area contributed by atoms with Crippen molar-refractivity contribution >= 4 is 17.2 Å². The molecule has 0 aliphatic rings. The molecule has 6 heteroatoms. The Kier molecular flexibility index (Phi) is 9.25. The number of hydrogen-bond acceptors (Lipinski definition) is 4. The molecule has 0 saturated carbocycles. The Balaban J connectivity index is 1.24. The standard InChI is InChI=1S/C30H32N3O2S/c1-2-3-4-5-22-6-8-24(9-7-22)19-32-29(35)25-12-14-26(15-13-25)30-33-27(21-36-30)20-31-18-23-10-16-28(34)17-11-23/h6-17,21,31H,2-5,18-20H2,1H3,(H,32,35). The Morgan fingerprint density at radius 2 is 1.47 bits per heavy atom. The van der Waals surface area contributed by atoms with E-state index < -0.39 is 0 Å². The van der Waals surface area contributed by atoms with Gasteiger partial charge in [0.15, 0.2) is 5.75 Å². The van der Waals surface area contributed by atoms with Gasteiger partial charge in [-0.25, -0.2) is 4.98 Å². The second kappa shape index (κ2) is 13.0. The topological polar surface area (TPSA) is 73.9 Å². The van der Waals surface area contributed by atoms with Gasteiger partial charge < -0.3 is 10.6 Å². The number of aryl methyl sites for hydroxylation is 1. The van der Waals surface area contributed by atoms with Crippen molar-refractivity contribution in [2.24, 2.45) is 0 Å². The predicted octanol–water partition coefficient (Wildman–Crippen LogP) is 6.91. The van der Waals surface area contributed by atoms with Crippen LogP contribution in [0.2, 0.25) is 0 Å². The number of hydrogen-bond donors (Lipinski definition) is 2. The van der Waals surface area contributed by atoms with E-state index in [0.29, 0.717) is 25.2 Å². The molecule has 36 heavy (non-hydrogen) atoms. The van der Waals surface area contributed by atoms with Crippen LogP contribution in [-0.2, 0) is 31.2 Å². The van der Waals surface area contributed by atoms with Gasteiger partial charge in [-0.05, 0) is 53.8 Å². The van der Waals surface area contributed by atoms with Gasteiger partial charge in [0.2, 0.25) is 0 Å². The van der Waals surface area contributed by atoms with Gasteiger partial charge in [0, 0.05) is 36.1 Å². The summed E-state index contributed by atoms with van der Waals surface area (Å²) in [6.07, 6.45) is 4.83. The summed E-state index contributed by atoms with van der Waals surface area (Å²) in [5, 5.41) is 20.5. The zero-order valence-corrected chi connectivity index (χ0v) is 21.4. The van der Waals surface area contributed by atoms with Crippen molar-refractivity contribution in [2.75, 3.05) is 0 Å². The van der Waals surface area contributed by atoms with Crippen LogP contribution < -0.4 is 10.6 Å². The fourth-order valence-corrected chi connectivity index (χ4v) is 4.74. The van der Waals surface area contributed by atoms with Crippen molar-refractivity contribution in [3.8, 4) is 16.3 Å². The van der Waals surface area contributed by atoms with Crippen LogP contribution in [0, 0.1) is 0 Å². The second-order valence-corrected chi connectivity index (χ2v) is 9.78. The maximum atomic E-state index is 12.6. The summed E-state index contributed by atoms with van der Waals surface area (Å²) >= 11 is 1.59. The van der Waals surface area contributed by atoms with Crippen molar-refractivity contribution in [1.29, 1.82) is 0 Å². The summed E-state index contributed by atoms with van der Waals surface area (Å²) in [4.78, 5) is 17.3. The normalized spacial score (nSPS) is 10.9. The number of nitrogens with one attached hydrogen (secondary N) is 2. The lowest BCUT2D eigenvalue weighted by atomic mass is 10.1. The lowest BCUT2D eigenvalue weighted by Crippen LogP contribution is -2.22. The third-order valence-corrected chi connectivity index (χ3v) is 6.99. The largest absolute Gasteiger partial charge is 0.348 e. The molecule has 1 heterocycles. The SMILES string of the molecule is CCCCCc1ccc(CNC(=O)c2ccc(-c3nc(CNCc4ccc([O])cc4)cs3)cc2)cc1. The van der Waals surface area contributed by atoms with Gasteiger partial charge in [0.05, 0.1) is 5.69 Å². The van der Waals surface area contributed by atoms with Gasteiger partial charge in [0.1, 0.15) is 5.01 Å². The van der Waals surface area contributed by atoms with Gasteiger partial charge in [0.25, 0.3) is 5.91 Å². The maximum absolute atomic E-state index is 12.6. The lowest BCUT2D eigenvalue weighted by Gasteiger charge is -2.07. The molecule has 1 radical (unpaired) electrons. The van der Waals surface area contributed by atoms with Crippen LogP contribution in [0.1, 0.15) is 58.9 Å². The highest BCUT2D eigenvalue weighted by atomic mass is 32.1. The van der Waals surface area contributed by atoms with Gasteiger partial charge in [-0.1, -0.05) is 68.3 Å². The molecular formula is C30H32N3O2S. The number of carbonyl (C=O) groups is 1. The molecule has 2 N–H and O–H groups in total. The minimum absolute atomic E-state index is 0.0224. The number of aromatic nitrogens is 1. The molecule has 0 spiro atoms. The Morgan fingerprint density at radius 3 is 2.19 bits per heavy atom. The highest BCUT2D eigenvalue weighted by molar-refractivity contribution is 7.13. The Hall–Kier alpha value is -3.48. The average molecular weight is 499 g/mol. The van der Waals surface area contributed by atoms with E-state index in [1.807, 2.05) is 41.8 Å². The zero-order valence-electron chi connectivity index (χ0n) is 20.6. The van der Waals surface area contributed by atoms with Crippen LogP contribution in [0.4, 0.5) is 0 Å². The van der Waals surface area contributed by atoms with Crippen molar-refractivity contribution in [1.82, 2.24) is 15.6 Å². The number of carbonyl (C=O) groups excluding carboxylic acids is 1. The molecule has 1 aromatic heterocycles. The highest BCUT2D eigenvalue weighted by Crippen LogP contribution is 2.24. The Bertz CT molecular complexity index is 1230. The molecule has 0 unspecified atom stereocenters. The molecule has 4 aromatic rings. The summed E-state index contributed by atoms with van der Waals surface area (Å²) in [6.45, 7) is 4.06. The molecule has 0 aliphatic heterocycles. The third-order valence-electron chi connectivity index (χ3n) is 6.05. The predicted molar refractivity (Wildman–Crippen MR) is 146 cm³/mol. The summed E-state index contributed by atoms with van der Waals surface area (Å²) in [6, 6.07) is 22.9. The molecule has 0 atom stereocenters. The van der Waals surface area contributed by atoms with E-state index >= 15 is 0 Å². The van der Waals surface area contributed by atoms with E-state index in [-0.39, 0.29) is 11.7 Å². The van der Waals surface area contributed by atoms with Crippen LogP contribution in [0.25, 0.3) is 10.6 Å². The molecule has 1 amide bonds. The highest BCUT2D eigenvalue weighted by Gasteiger charge is 2.09. The molecule has 0 bridgehead atoms. The number of unbranched alkanes of at least 4 members (excludes halogenated alkanes) is 2. The quantitative estimate of drug-likeness (QED) is 0.209. The Morgan fingerprint density at radius 1 is 0.806 bits per heavy atom. The van der Waals surface area contributed by atoms with E-state index in [1.165, 1.54) is 24.8 Å². The zero-order chi connectivity index (χ0) is 25.2. The van der Waals surface area contributed by atoms with Crippen LogP contribution in [0.5, 0.6) is 5.75 Å². The van der Waals surface area contributed by atoms with Crippen LogP contribution >= 0.6 is 11.3 Å². The molecule has 4 rings (SSSR count). The first kappa shape index (κ1) is 25.6. The number of benzene rings is 3. The molecule has 5 nitrogen and oxygen atoms in total. The summed E-state index contributed by atoms with van der Waals surface area (Å²) in [7, 11) is 0. The first-order valence-electron chi connectivity index (χ1n) is 12.5. The molecule has 185 valence electrons. The van der Waals surface area contributed by atoms with Gasteiger partial charge in [-0.2, -0.15) is 0 Å². The van der Waals surface area contributed by atoms with Crippen LogP contribution in [-0.4, -0.2) is 10.9 Å². The van der Waals surface area contributed by atoms with Gasteiger partial charge >= 0.3 is 0 Å². The first-order chi connectivity index (χ1) is 17.6. The summed E-state index contributed by atoms with van der Waals surface area (Å²) < 4.78 is 0. The number of amides is 1. The molecule has 3 aromatic carbocycles. The first-order valence-corrected chi connectivity index (χ1v) is 13.4. The third kappa shape index (κ3) is 7.51. The second-order valence-electron chi connectivity index (χ2n) is 8.93. The van der Waals surface area contributed by atoms with Crippen molar-refractivity contribution in [2.45, 2.75) is 52.2 Å². The molecule has 0 fully saturated rings. The fourth-order valence-electron chi connectivity index (χ4n) is 3.91. The van der Waals surface area contributed by atoms with Gasteiger partial charge in [-0.3, -0.25) is 9.90 Å². The summed E-state index contributed by atoms with van der Waals surface area (Å²) in [5.41, 5.74) is 6.12. The van der Waals surface area contributed by atoms with Crippen LogP contribution in [0.15, 0.2) is 78.2 Å². The van der Waals surface area contributed by atoms with E-state index in [0.717, 1.165) is 33.8 Å². The molecular weight excluding hydrogens is 466 g/mol. The van der Waals surface area contributed by atoms with E-state index in [4.69, 9.17) is 4.98 Å². The molecule has 0 aliphatic carbocycles. The van der Waals surface area contributed by atoms with Crippen molar-refractivity contribution in [3.63, 3.8) is 0 Å². The smallest absolute Gasteiger partial charge is 0.251 e. The van der Waals surface area contributed by atoms with Gasteiger partial charge in [-0.15, -0.1) is 11.3 Å². The lowest BCUT2D eigenvalue weighted by molar-refractivity contribution is 0.0951. The average Bonchev–Trinajstić information content (AvgIpc) is 3.38. The van der Waals surface area contributed by atoms with Crippen LogP contribution in [0.3, 0.4) is 0 Å². The van der Waals surface area contributed by atoms with Crippen molar-refractivity contribution < 1.29 is 9.90 Å². The van der Waals surface area contributed by atoms with Crippen molar-refractivity contribution in [3.05, 3.63) is 106 Å². The monoisotopic (exact) mass is 498 g/mol.